The Balaban J connectivity index is 2.60. The number of ether oxygens (including phenoxy) is 1. The largest absolute Gasteiger partial charge is 0.463 e. The number of rotatable bonds is 6. The number of amidine groups is 1. The van der Waals surface area contributed by atoms with Crippen LogP contribution in [0, 0.1) is 0 Å². The smallest absolute Gasteiger partial charge is 0.285 e. The van der Waals surface area contributed by atoms with Crippen LogP contribution >= 0.6 is 0 Å². The number of hydrogen-bond acceptors (Lipinski definition) is 2. The quantitative estimate of drug-likeness (QED) is 0.576. The van der Waals surface area contributed by atoms with Gasteiger partial charge in [-0.15, -0.1) is 0 Å². The molecule has 1 unspecified atom stereocenters. The summed E-state index contributed by atoms with van der Waals surface area (Å²) in [7, 11) is 0. The molecule has 1 aliphatic carbocycles. The van der Waals surface area contributed by atoms with E-state index in [1.807, 2.05) is 0 Å². The predicted octanol–water partition coefficient (Wildman–Crippen LogP) is 4.27. The Labute approximate surface area is 119 Å². The van der Waals surface area contributed by atoms with Crippen molar-refractivity contribution in [3.05, 3.63) is 0 Å². The molecular formula is C16H32N2O. The average Bonchev–Trinajstić information content (AvgIpc) is 2.38. The molecule has 1 aliphatic rings. The van der Waals surface area contributed by atoms with Gasteiger partial charge in [0.2, 0.25) is 0 Å². The van der Waals surface area contributed by atoms with Crippen molar-refractivity contribution in [1.82, 2.24) is 5.32 Å². The lowest BCUT2D eigenvalue weighted by atomic mass is 9.96. The Hall–Kier alpha value is -0.730. The molecule has 3 heteroatoms. The molecule has 1 N–H and O–H groups in total. The molecule has 19 heavy (non-hydrogen) atoms. The third kappa shape index (κ3) is 6.84. The summed E-state index contributed by atoms with van der Waals surface area (Å²) in [5.41, 5.74) is 0. The van der Waals surface area contributed by atoms with E-state index in [1.165, 1.54) is 44.9 Å². The first-order valence-corrected chi connectivity index (χ1v) is 8.16. The highest BCUT2D eigenvalue weighted by Gasteiger charge is 2.16. The van der Waals surface area contributed by atoms with Crippen LogP contribution < -0.4 is 5.32 Å². The van der Waals surface area contributed by atoms with Crippen LogP contribution in [0.1, 0.15) is 79.1 Å². The summed E-state index contributed by atoms with van der Waals surface area (Å²) in [4.78, 5) is 4.83. The molecule has 0 aromatic carbocycles. The number of nitrogens with zero attached hydrogens (tertiary/aromatic N) is 1. The Bertz CT molecular complexity index is 257. The van der Waals surface area contributed by atoms with Crippen molar-refractivity contribution in [2.24, 2.45) is 4.99 Å². The molecule has 0 spiro atoms. The molecule has 0 aromatic heterocycles. The third-order valence-corrected chi connectivity index (χ3v) is 3.68. The van der Waals surface area contributed by atoms with E-state index in [0.717, 1.165) is 12.4 Å². The number of nitrogens with one attached hydrogen (secondary N) is 1. The van der Waals surface area contributed by atoms with Gasteiger partial charge in [-0.3, -0.25) is 0 Å². The van der Waals surface area contributed by atoms with Gasteiger partial charge >= 0.3 is 0 Å². The highest BCUT2D eigenvalue weighted by molar-refractivity contribution is 5.74. The van der Waals surface area contributed by atoms with Crippen molar-refractivity contribution in [3.63, 3.8) is 0 Å². The number of aliphatic imine (C=N–C) groups is 1. The summed E-state index contributed by atoms with van der Waals surface area (Å²) in [6.45, 7) is 8.59. The maximum absolute atomic E-state index is 5.87. The summed E-state index contributed by atoms with van der Waals surface area (Å²) < 4.78 is 5.87. The van der Waals surface area contributed by atoms with Gasteiger partial charge in [-0.1, -0.05) is 39.5 Å². The molecule has 1 saturated carbocycles. The molecule has 112 valence electrons. The lowest BCUT2D eigenvalue weighted by Crippen LogP contribution is -2.38. The van der Waals surface area contributed by atoms with E-state index >= 15 is 0 Å². The lowest BCUT2D eigenvalue weighted by Gasteiger charge is -2.24. The predicted molar refractivity (Wildman–Crippen MR) is 82.7 cm³/mol. The minimum absolute atomic E-state index is 0.189. The molecule has 0 aromatic rings. The number of hydrogen-bond donors (Lipinski definition) is 1. The van der Waals surface area contributed by atoms with Crippen molar-refractivity contribution < 1.29 is 4.74 Å². The maximum atomic E-state index is 5.87. The first-order valence-electron chi connectivity index (χ1n) is 8.16. The fourth-order valence-electron chi connectivity index (χ4n) is 2.60. The SMILES string of the molecule is CCCC(CC)NC(=NC1CCCCC1)OC(C)C. The second-order valence-electron chi connectivity index (χ2n) is 5.93. The van der Waals surface area contributed by atoms with Crippen LogP contribution in [-0.2, 0) is 4.74 Å². The van der Waals surface area contributed by atoms with E-state index in [2.05, 4.69) is 33.0 Å². The summed E-state index contributed by atoms with van der Waals surface area (Å²) in [6, 6.07) is 1.74. The maximum Gasteiger partial charge on any atom is 0.285 e. The molecule has 0 bridgehead atoms. The first-order chi connectivity index (χ1) is 9.15. The van der Waals surface area contributed by atoms with E-state index in [4.69, 9.17) is 9.73 Å². The van der Waals surface area contributed by atoms with Crippen molar-refractivity contribution >= 4 is 6.02 Å². The Morgan fingerprint density at radius 2 is 1.89 bits per heavy atom. The molecule has 0 saturated heterocycles. The normalized spacial score (nSPS) is 19.5. The summed E-state index contributed by atoms with van der Waals surface area (Å²) in [5.74, 6) is 0. The molecule has 1 rings (SSSR count). The summed E-state index contributed by atoms with van der Waals surface area (Å²) in [6.07, 6.45) is 10.1. The van der Waals surface area contributed by atoms with Crippen LogP contribution in [0.15, 0.2) is 4.99 Å². The minimum atomic E-state index is 0.189. The van der Waals surface area contributed by atoms with Crippen LogP contribution in [-0.4, -0.2) is 24.2 Å². The average molecular weight is 268 g/mol. The topological polar surface area (TPSA) is 33.6 Å². The zero-order valence-corrected chi connectivity index (χ0v) is 13.2. The highest BCUT2D eigenvalue weighted by atomic mass is 16.5. The van der Waals surface area contributed by atoms with Gasteiger partial charge < -0.3 is 10.1 Å². The van der Waals surface area contributed by atoms with Crippen molar-refractivity contribution in [3.8, 4) is 0 Å². The van der Waals surface area contributed by atoms with Crippen molar-refractivity contribution in [2.75, 3.05) is 0 Å². The van der Waals surface area contributed by atoms with Gasteiger partial charge in [0.1, 0.15) is 0 Å². The standard InChI is InChI=1S/C16H32N2O/c1-5-10-14(6-2)17-16(19-13(3)4)18-15-11-8-7-9-12-15/h13-15H,5-12H2,1-4H3,(H,17,18). The van der Waals surface area contributed by atoms with Gasteiger partial charge in [-0.05, 0) is 39.5 Å². The Kier molecular flexibility index (Phi) is 7.92. The minimum Gasteiger partial charge on any atom is -0.463 e. The Morgan fingerprint density at radius 1 is 1.21 bits per heavy atom. The van der Waals surface area contributed by atoms with Crippen molar-refractivity contribution in [1.29, 1.82) is 0 Å². The van der Waals surface area contributed by atoms with E-state index < -0.39 is 0 Å². The lowest BCUT2D eigenvalue weighted by molar-refractivity contribution is 0.208. The summed E-state index contributed by atoms with van der Waals surface area (Å²) in [5, 5.41) is 3.51. The fourth-order valence-corrected chi connectivity index (χ4v) is 2.60. The zero-order valence-electron chi connectivity index (χ0n) is 13.2. The van der Waals surface area contributed by atoms with Crippen LogP contribution in [0.25, 0.3) is 0 Å². The monoisotopic (exact) mass is 268 g/mol. The van der Waals surface area contributed by atoms with E-state index in [9.17, 15) is 0 Å². The van der Waals surface area contributed by atoms with Gasteiger partial charge in [0.05, 0.1) is 12.1 Å². The van der Waals surface area contributed by atoms with Crippen LogP contribution in [0.3, 0.4) is 0 Å². The van der Waals surface area contributed by atoms with Gasteiger partial charge in [0.25, 0.3) is 6.02 Å². The van der Waals surface area contributed by atoms with E-state index in [-0.39, 0.29) is 6.10 Å². The van der Waals surface area contributed by atoms with Crippen LogP contribution in [0.5, 0.6) is 0 Å². The van der Waals surface area contributed by atoms with Gasteiger partial charge in [0, 0.05) is 6.04 Å². The highest BCUT2D eigenvalue weighted by Crippen LogP contribution is 2.20. The van der Waals surface area contributed by atoms with Crippen LogP contribution in [0.2, 0.25) is 0 Å². The zero-order chi connectivity index (χ0) is 14.1. The Morgan fingerprint density at radius 3 is 2.42 bits per heavy atom. The molecule has 0 heterocycles. The molecule has 3 nitrogen and oxygen atoms in total. The second kappa shape index (κ2) is 9.22. The molecule has 0 amide bonds. The molecule has 0 radical (unpaired) electrons. The third-order valence-electron chi connectivity index (χ3n) is 3.68. The van der Waals surface area contributed by atoms with E-state index in [1.54, 1.807) is 0 Å². The fraction of sp³-hybridized carbons (Fsp3) is 0.938. The van der Waals surface area contributed by atoms with Gasteiger partial charge in [-0.25, -0.2) is 4.99 Å². The second-order valence-corrected chi connectivity index (χ2v) is 5.93. The summed E-state index contributed by atoms with van der Waals surface area (Å²) >= 11 is 0. The van der Waals surface area contributed by atoms with Gasteiger partial charge in [0.15, 0.2) is 0 Å². The molecule has 1 atom stereocenters. The molecule has 1 fully saturated rings. The van der Waals surface area contributed by atoms with Crippen molar-refractivity contribution in [2.45, 2.75) is 97.2 Å². The molecule has 0 aliphatic heterocycles. The molecular weight excluding hydrogens is 236 g/mol. The van der Waals surface area contributed by atoms with Gasteiger partial charge in [-0.2, -0.15) is 0 Å². The van der Waals surface area contributed by atoms with Crippen LogP contribution in [0.4, 0.5) is 0 Å². The first kappa shape index (κ1) is 16.3. The van der Waals surface area contributed by atoms with E-state index in [0.29, 0.717) is 12.1 Å².